The average Bonchev–Trinajstić information content (AvgIpc) is 2.25. The lowest BCUT2D eigenvalue weighted by Crippen LogP contribution is -2.28. The van der Waals surface area contributed by atoms with Crippen LogP contribution in [0.25, 0.3) is 0 Å². The van der Waals surface area contributed by atoms with Crippen LogP contribution in [0.3, 0.4) is 0 Å². The van der Waals surface area contributed by atoms with Crippen LogP contribution in [0.4, 0.5) is 0 Å². The third kappa shape index (κ3) is 4.64. The van der Waals surface area contributed by atoms with Crippen molar-refractivity contribution in [3.63, 3.8) is 0 Å². The van der Waals surface area contributed by atoms with Crippen LogP contribution < -0.4 is 5.73 Å². The van der Waals surface area contributed by atoms with Gasteiger partial charge in [-0.3, -0.25) is 4.79 Å². The van der Waals surface area contributed by atoms with Gasteiger partial charge in [0.15, 0.2) is 6.10 Å². The van der Waals surface area contributed by atoms with E-state index < -0.39 is 12.0 Å². The summed E-state index contributed by atoms with van der Waals surface area (Å²) in [6.07, 6.45) is 8.34. The molecule has 0 saturated carbocycles. The molecule has 88 valence electrons. The van der Waals surface area contributed by atoms with Crippen molar-refractivity contribution in [2.75, 3.05) is 0 Å². The molecule has 1 unspecified atom stereocenters. The Bertz CT molecular complexity index is 338. The first-order valence-electron chi connectivity index (χ1n) is 5.14. The molecule has 0 rings (SSSR count). The number of allylic oxidation sites excluding steroid dienone is 6. The zero-order valence-corrected chi connectivity index (χ0v) is 10.1. The van der Waals surface area contributed by atoms with Crippen LogP contribution in [0.1, 0.15) is 20.8 Å². The Labute approximate surface area is 97.0 Å². The first-order valence-corrected chi connectivity index (χ1v) is 5.14. The molecule has 0 heterocycles. The molecule has 0 spiro atoms. The molecule has 0 bridgehead atoms. The minimum atomic E-state index is -0.661. The van der Waals surface area contributed by atoms with E-state index in [0.29, 0.717) is 5.76 Å². The summed E-state index contributed by atoms with van der Waals surface area (Å²) in [7, 11) is 0. The highest BCUT2D eigenvalue weighted by atomic mass is 16.5. The molecule has 0 fully saturated rings. The van der Waals surface area contributed by atoms with Crippen molar-refractivity contribution < 1.29 is 9.53 Å². The van der Waals surface area contributed by atoms with E-state index in [1.165, 1.54) is 0 Å². The Morgan fingerprint density at radius 2 is 1.88 bits per heavy atom. The summed E-state index contributed by atoms with van der Waals surface area (Å²) in [5.74, 6) is 0.0905. The second-order valence-corrected chi connectivity index (χ2v) is 3.19. The first kappa shape index (κ1) is 14.2. The molecule has 0 aromatic rings. The number of hydrogen-bond donors (Lipinski definition) is 1. The van der Waals surface area contributed by atoms with Gasteiger partial charge in [-0.2, -0.15) is 0 Å². The van der Waals surface area contributed by atoms with Crippen LogP contribution in [0, 0.1) is 0 Å². The van der Waals surface area contributed by atoms with Crippen LogP contribution in [-0.2, 0) is 9.53 Å². The number of carbonyl (C=O) groups is 1. The smallest absolute Gasteiger partial charge is 0.258 e. The van der Waals surface area contributed by atoms with Crippen molar-refractivity contribution in [2.24, 2.45) is 5.73 Å². The summed E-state index contributed by atoms with van der Waals surface area (Å²) in [6.45, 7) is 9.08. The molecule has 1 atom stereocenters. The van der Waals surface area contributed by atoms with E-state index >= 15 is 0 Å². The fourth-order valence-corrected chi connectivity index (χ4v) is 1.03. The monoisotopic (exact) mass is 221 g/mol. The zero-order chi connectivity index (χ0) is 12.6. The standard InChI is InChI=1S/C13H19NO2/c1-5-8-11(7-3)12(9-6-2)16-10(4)13(14)15/h5-10H,3H2,1-2,4H3,(H2,14,15)/b8-5+,9-6-,12-11-. The van der Waals surface area contributed by atoms with Gasteiger partial charge in [0.2, 0.25) is 0 Å². The third-order valence-corrected chi connectivity index (χ3v) is 1.87. The molecule has 16 heavy (non-hydrogen) atoms. The molecular formula is C13H19NO2. The van der Waals surface area contributed by atoms with Gasteiger partial charge in [-0.25, -0.2) is 0 Å². The molecular weight excluding hydrogens is 202 g/mol. The second kappa shape index (κ2) is 7.51. The van der Waals surface area contributed by atoms with Gasteiger partial charge in [0.1, 0.15) is 5.76 Å². The summed E-state index contributed by atoms with van der Waals surface area (Å²) in [4.78, 5) is 10.9. The van der Waals surface area contributed by atoms with Gasteiger partial charge in [-0.1, -0.05) is 30.9 Å². The SMILES string of the molecule is C=CC(/C=C/C)=C(\C=C/C)OC(C)C(N)=O. The number of ether oxygens (including phenoxy) is 1. The van der Waals surface area contributed by atoms with Crippen molar-refractivity contribution in [3.8, 4) is 0 Å². The van der Waals surface area contributed by atoms with Crippen LogP contribution in [0.5, 0.6) is 0 Å². The number of hydrogen-bond acceptors (Lipinski definition) is 2. The molecule has 0 radical (unpaired) electrons. The Morgan fingerprint density at radius 1 is 1.31 bits per heavy atom. The number of amides is 1. The Kier molecular flexibility index (Phi) is 6.68. The van der Waals surface area contributed by atoms with Gasteiger partial charge in [-0.15, -0.1) is 0 Å². The Morgan fingerprint density at radius 3 is 2.25 bits per heavy atom. The molecule has 0 aliphatic heterocycles. The number of primary amides is 1. The zero-order valence-electron chi connectivity index (χ0n) is 10.1. The largest absolute Gasteiger partial charge is 0.480 e. The van der Waals surface area contributed by atoms with Gasteiger partial charge in [0.05, 0.1) is 0 Å². The van der Waals surface area contributed by atoms with Crippen molar-refractivity contribution in [1.29, 1.82) is 0 Å². The van der Waals surface area contributed by atoms with Crippen molar-refractivity contribution in [1.82, 2.24) is 0 Å². The van der Waals surface area contributed by atoms with Gasteiger partial charge >= 0.3 is 0 Å². The minimum absolute atomic E-state index is 0.495. The molecule has 0 aromatic carbocycles. The van der Waals surface area contributed by atoms with E-state index in [1.54, 1.807) is 19.1 Å². The fourth-order valence-electron chi connectivity index (χ4n) is 1.03. The van der Waals surface area contributed by atoms with Crippen molar-refractivity contribution >= 4 is 5.91 Å². The van der Waals surface area contributed by atoms with E-state index in [0.717, 1.165) is 5.57 Å². The topological polar surface area (TPSA) is 52.3 Å². The number of rotatable bonds is 6. The molecule has 3 heteroatoms. The van der Waals surface area contributed by atoms with Crippen molar-refractivity contribution in [3.05, 3.63) is 48.3 Å². The average molecular weight is 221 g/mol. The summed E-state index contributed by atoms with van der Waals surface area (Å²) < 4.78 is 5.45. The highest BCUT2D eigenvalue weighted by molar-refractivity contribution is 5.78. The van der Waals surface area contributed by atoms with Crippen molar-refractivity contribution in [2.45, 2.75) is 26.9 Å². The molecule has 0 aromatic heterocycles. The Balaban J connectivity index is 5.11. The minimum Gasteiger partial charge on any atom is -0.480 e. The summed E-state index contributed by atoms with van der Waals surface area (Å²) in [6, 6.07) is 0. The maximum absolute atomic E-state index is 10.9. The van der Waals surface area contributed by atoms with Gasteiger partial charge in [0, 0.05) is 5.57 Å². The highest BCUT2D eigenvalue weighted by Gasteiger charge is 2.11. The maximum atomic E-state index is 10.9. The summed E-state index contributed by atoms with van der Waals surface area (Å²) in [5.41, 5.74) is 5.96. The normalized spacial score (nSPS) is 14.9. The molecule has 3 nitrogen and oxygen atoms in total. The summed E-state index contributed by atoms with van der Waals surface area (Å²) >= 11 is 0. The maximum Gasteiger partial charge on any atom is 0.258 e. The van der Waals surface area contributed by atoms with Gasteiger partial charge in [0.25, 0.3) is 5.91 Å². The quantitative estimate of drug-likeness (QED) is 0.553. The first-order chi connectivity index (χ1) is 7.56. The van der Waals surface area contributed by atoms with E-state index in [-0.39, 0.29) is 0 Å². The van der Waals surface area contributed by atoms with Crippen LogP contribution in [0.2, 0.25) is 0 Å². The Hall–Kier alpha value is -1.77. The van der Waals surface area contributed by atoms with Gasteiger partial charge in [-0.05, 0) is 26.8 Å². The molecule has 0 saturated heterocycles. The predicted molar refractivity (Wildman–Crippen MR) is 66.6 cm³/mol. The van der Waals surface area contributed by atoms with E-state index in [2.05, 4.69) is 6.58 Å². The number of nitrogens with two attached hydrogens (primary N) is 1. The fraction of sp³-hybridized carbons (Fsp3) is 0.308. The van der Waals surface area contributed by atoms with E-state index in [9.17, 15) is 4.79 Å². The molecule has 1 amide bonds. The molecule has 0 aliphatic rings. The van der Waals surface area contributed by atoms with Crippen LogP contribution >= 0.6 is 0 Å². The van der Waals surface area contributed by atoms with Gasteiger partial charge < -0.3 is 10.5 Å². The molecule has 2 N–H and O–H groups in total. The molecule has 0 aliphatic carbocycles. The highest BCUT2D eigenvalue weighted by Crippen LogP contribution is 2.13. The third-order valence-electron chi connectivity index (χ3n) is 1.87. The van der Waals surface area contributed by atoms with Crippen LogP contribution in [-0.4, -0.2) is 12.0 Å². The van der Waals surface area contributed by atoms with Crippen LogP contribution in [0.15, 0.2) is 48.3 Å². The lowest BCUT2D eigenvalue weighted by molar-refractivity contribution is -0.126. The lowest BCUT2D eigenvalue weighted by Gasteiger charge is -2.13. The van der Waals surface area contributed by atoms with E-state index in [1.807, 2.05) is 32.1 Å². The summed E-state index contributed by atoms with van der Waals surface area (Å²) in [5, 5.41) is 0. The lowest BCUT2D eigenvalue weighted by atomic mass is 10.2. The van der Waals surface area contributed by atoms with E-state index in [4.69, 9.17) is 10.5 Å². The predicted octanol–water partition coefficient (Wildman–Crippen LogP) is 2.47. The second-order valence-electron chi connectivity index (χ2n) is 3.19. The number of carbonyl (C=O) groups excluding carboxylic acids is 1.